The molecular weight excluding hydrogens is 292 g/mol. The highest BCUT2D eigenvalue weighted by Gasteiger charge is 2.21. The highest BCUT2D eigenvalue weighted by Crippen LogP contribution is 2.37. The van der Waals surface area contributed by atoms with E-state index in [4.69, 9.17) is 5.26 Å². The van der Waals surface area contributed by atoms with Crippen LogP contribution < -0.4 is 0 Å². The van der Waals surface area contributed by atoms with Crippen LogP contribution in [-0.2, 0) is 0 Å². The Morgan fingerprint density at radius 2 is 1.78 bits per heavy atom. The van der Waals surface area contributed by atoms with Crippen LogP contribution in [0.4, 0.5) is 8.78 Å². The molecule has 1 aliphatic rings. The molecule has 0 saturated heterocycles. The van der Waals surface area contributed by atoms with E-state index in [1.54, 1.807) is 6.08 Å². The maximum Gasteiger partial charge on any atom is 0.242 e. The topological polar surface area (TPSA) is 23.8 Å². The van der Waals surface area contributed by atoms with Crippen molar-refractivity contribution in [2.24, 2.45) is 5.92 Å². The lowest BCUT2D eigenvalue weighted by molar-refractivity contribution is 0.152. The molecule has 0 aromatic heterocycles. The van der Waals surface area contributed by atoms with Crippen molar-refractivity contribution in [1.29, 1.82) is 5.26 Å². The van der Waals surface area contributed by atoms with E-state index in [0.717, 1.165) is 24.3 Å². The Morgan fingerprint density at radius 3 is 2.39 bits per heavy atom. The van der Waals surface area contributed by atoms with E-state index < -0.39 is 6.43 Å². The van der Waals surface area contributed by atoms with Crippen LogP contribution in [0.5, 0.6) is 0 Å². The largest absolute Gasteiger partial charge is 0.242 e. The molecule has 1 aromatic carbocycles. The molecule has 1 aromatic rings. The quantitative estimate of drug-likeness (QED) is 0.433. The first kappa shape index (κ1) is 17.7. The lowest BCUT2D eigenvalue weighted by Gasteiger charge is -2.28. The molecule has 0 amide bonds. The van der Waals surface area contributed by atoms with Gasteiger partial charge in [0, 0.05) is 6.42 Å². The molecule has 23 heavy (non-hydrogen) atoms. The first-order chi connectivity index (χ1) is 11.2. The van der Waals surface area contributed by atoms with Crippen molar-refractivity contribution < 1.29 is 8.78 Å². The van der Waals surface area contributed by atoms with Crippen LogP contribution in [0.15, 0.2) is 36.4 Å². The number of unbranched alkanes of at least 4 members (excludes halogenated alkanes) is 1. The Kier molecular flexibility index (Phi) is 7.26. The van der Waals surface area contributed by atoms with E-state index >= 15 is 0 Å². The highest BCUT2D eigenvalue weighted by molar-refractivity contribution is 5.33. The zero-order chi connectivity index (χ0) is 16.5. The van der Waals surface area contributed by atoms with Gasteiger partial charge in [-0.1, -0.05) is 30.7 Å². The van der Waals surface area contributed by atoms with Crippen LogP contribution >= 0.6 is 0 Å². The number of hydrogen-bond acceptors (Lipinski definition) is 1. The van der Waals surface area contributed by atoms with E-state index in [0.29, 0.717) is 5.92 Å². The van der Waals surface area contributed by atoms with Gasteiger partial charge in [0.25, 0.3) is 0 Å². The second-order valence-corrected chi connectivity index (χ2v) is 6.48. The summed E-state index contributed by atoms with van der Waals surface area (Å²) in [4.78, 5) is 0. The van der Waals surface area contributed by atoms with Gasteiger partial charge in [0.1, 0.15) is 0 Å². The summed E-state index contributed by atoms with van der Waals surface area (Å²) in [5.41, 5.74) is 2.08. The van der Waals surface area contributed by atoms with E-state index in [2.05, 4.69) is 18.2 Å². The maximum absolute atomic E-state index is 12.0. The Morgan fingerprint density at radius 1 is 1.09 bits per heavy atom. The van der Waals surface area contributed by atoms with Gasteiger partial charge >= 0.3 is 0 Å². The van der Waals surface area contributed by atoms with E-state index in [-0.39, 0.29) is 6.42 Å². The van der Waals surface area contributed by atoms with Crippen LogP contribution in [-0.4, -0.2) is 6.43 Å². The smallest absolute Gasteiger partial charge is 0.210 e. The first-order valence-corrected chi connectivity index (χ1v) is 8.62. The minimum absolute atomic E-state index is 0.115. The van der Waals surface area contributed by atoms with Crippen molar-refractivity contribution in [1.82, 2.24) is 0 Å². The molecule has 124 valence electrons. The molecule has 0 unspecified atom stereocenters. The van der Waals surface area contributed by atoms with Crippen molar-refractivity contribution in [3.05, 3.63) is 47.5 Å². The molecule has 3 heteroatoms. The number of alkyl halides is 2. The molecule has 1 saturated carbocycles. The molecule has 0 N–H and O–H groups in total. The molecular formula is C20H25F2N. The molecule has 0 radical (unpaired) electrons. The Labute approximate surface area is 138 Å². The Balaban J connectivity index is 1.65. The number of nitriles is 1. The maximum atomic E-state index is 12.0. The molecule has 0 aliphatic heterocycles. The Hall–Kier alpha value is -1.69. The van der Waals surface area contributed by atoms with Crippen LogP contribution in [0.25, 0.3) is 0 Å². The molecule has 0 bridgehead atoms. The lowest BCUT2D eigenvalue weighted by Crippen LogP contribution is -2.13. The Bertz CT molecular complexity index is 520. The van der Waals surface area contributed by atoms with E-state index in [1.165, 1.54) is 37.7 Å². The van der Waals surface area contributed by atoms with E-state index in [1.807, 2.05) is 18.2 Å². The third kappa shape index (κ3) is 6.14. The molecule has 2 rings (SSSR count). The zero-order valence-corrected chi connectivity index (χ0v) is 13.6. The lowest BCUT2D eigenvalue weighted by atomic mass is 9.77. The number of allylic oxidation sites excluding steroid dienone is 2. The van der Waals surface area contributed by atoms with Crippen molar-refractivity contribution in [2.45, 2.75) is 63.7 Å². The second-order valence-electron chi connectivity index (χ2n) is 6.48. The van der Waals surface area contributed by atoms with Crippen molar-refractivity contribution >= 4 is 0 Å². The number of rotatable bonds is 7. The number of nitrogens with zero attached hydrogens (tertiary/aromatic N) is 1. The van der Waals surface area contributed by atoms with Gasteiger partial charge in [-0.05, 0) is 68.1 Å². The number of halogens is 2. The summed E-state index contributed by atoms with van der Waals surface area (Å²) in [5.74, 6) is 1.41. The average molecular weight is 317 g/mol. The van der Waals surface area contributed by atoms with Crippen LogP contribution in [0.1, 0.15) is 68.4 Å². The molecule has 0 atom stereocenters. The number of hydrogen-bond donors (Lipinski definition) is 0. The summed E-state index contributed by atoms with van der Waals surface area (Å²) in [7, 11) is 0. The minimum Gasteiger partial charge on any atom is -0.210 e. The predicted molar refractivity (Wildman–Crippen MR) is 89.5 cm³/mol. The van der Waals surface area contributed by atoms with Crippen molar-refractivity contribution in [3.63, 3.8) is 0 Å². The van der Waals surface area contributed by atoms with Crippen LogP contribution in [0.2, 0.25) is 0 Å². The first-order valence-electron chi connectivity index (χ1n) is 8.62. The summed E-state index contributed by atoms with van der Waals surface area (Å²) in [6, 6.07) is 10.2. The van der Waals surface area contributed by atoms with Gasteiger partial charge < -0.3 is 0 Å². The van der Waals surface area contributed by atoms with Crippen LogP contribution in [0.3, 0.4) is 0 Å². The van der Waals surface area contributed by atoms with Gasteiger partial charge in [-0.3, -0.25) is 0 Å². The fourth-order valence-electron chi connectivity index (χ4n) is 3.46. The standard InChI is InChI=1S/C20H25F2N/c21-20(22)6-4-2-1-3-5-16-7-11-18(12-8-16)19-13-9-17(15-23)10-14-19/h2,4,9-10,13-14,16,18,20H,1,3,5-8,11-12H2/b4-2+. The predicted octanol–water partition coefficient (Wildman–Crippen LogP) is 6.21. The normalized spacial score (nSPS) is 21.7. The van der Waals surface area contributed by atoms with Gasteiger partial charge in [-0.25, -0.2) is 8.78 Å². The highest BCUT2D eigenvalue weighted by atomic mass is 19.3. The van der Waals surface area contributed by atoms with E-state index in [9.17, 15) is 8.78 Å². The third-order valence-corrected chi connectivity index (χ3v) is 4.82. The third-order valence-electron chi connectivity index (χ3n) is 4.82. The van der Waals surface area contributed by atoms with Crippen molar-refractivity contribution in [2.75, 3.05) is 0 Å². The summed E-state index contributed by atoms with van der Waals surface area (Å²) in [6.07, 6.45) is 9.35. The molecule has 1 aliphatic carbocycles. The average Bonchev–Trinajstić information content (AvgIpc) is 2.58. The SMILES string of the molecule is N#Cc1ccc(C2CCC(CCC/C=C/CC(F)F)CC2)cc1. The van der Waals surface area contributed by atoms with Gasteiger partial charge in [-0.2, -0.15) is 5.26 Å². The summed E-state index contributed by atoms with van der Waals surface area (Å²) in [6.45, 7) is 0. The summed E-state index contributed by atoms with van der Waals surface area (Å²) < 4.78 is 24.0. The summed E-state index contributed by atoms with van der Waals surface area (Å²) in [5, 5.41) is 8.85. The molecule has 0 spiro atoms. The van der Waals surface area contributed by atoms with Crippen molar-refractivity contribution in [3.8, 4) is 6.07 Å². The molecule has 1 nitrogen and oxygen atoms in total. The second kappa shape index (κ2) is 9.45. The number of benzene rings is 1. The molecule has 1 fully saturated rings. The minimum atomic E-state index is -2.22. The zero-order valence-electron chi connectivity index (χ0n) is 13.6. The van der Waals surface area contributed by atoms with Gasteiger partial charge in [0.15, 0.2) is 0 Å². The fraction of sp³-hybridized carbons (Fsp3) is 0.550. The van der Waals surface area contributed by atoms with Gasteiger partial charge in [-0.15, -0.1) is 0 Å². The summed E-state index contributed by atoms with van der Waals surface area (Å²) >= 11 is 0. The van der Waals surface area contributed by atoms with Crippen LogP contribution in [0, 0.1) is 17.2 Å². The molecule has 0 heterocycles. The monoisotopic (exact) mass is 317 g/mol. The van der Waals surface area contributed by atoms with Gasteiger partial charge in [0.2, 0.25) is 6.43 Å². The fourth-order valence-corrected chi connectivity index (χ4v) is 3.46. The van der Waals surface area contributed by atoms with Gasteiger partial charge in [0.05, 0.1) is 11.6 Å².